The van der Waals surface area contributed by atoms with Crippen molar-refractivity contribution in [2.45, 2.75) is 43.2 Å². The SMILES string of the molecule is CC(C)(CO)NC(=O)c1ccc(Oc2ccc(Br)cc2C2NC(=O)CC(c3cccc(Cl)c3)C23C(=O)Nc2cc(Cl)ccc23)cc1. The van der Waals surface area contributed by atoms with Crippen LogP contribution in [-0.2, 0) is 15.0 Å². The van der Waals surface area contributed by atoms with Crippen LogP contribution in [0.4, 0.5) is 5.69 Å². The van der Waals surface area contributed by atoms with Gasteiger partial charge in [0.05, 0.1) is 18.2 Å². The maximum Gasteiger partial charge on any atom is 0.251 e. The Hall–Kier alpha value is -3.89. The van der Waals surface area contributed by atoms with Crippen molar-refractivity contribution in [3.05, 3.63) is 122 Å². The lowest BCUT2D eigenvalue weighted by Gasteiger charge is -2.46. The Kier molecular flexibility index (Phi) is 8.63. The average Bonchev–Trinajstić information content (AvgIpc) is 3.29. The highest BCUT2D eigenvalue weighted by atomic mass is 79.9. The first-order chi connectivity index (χ1) is 21.9. The van der Waals surface area contributed by atoms with Crippen molar-refractivity contribution in [1.82, 2.24) is 10.6 Å². The van der Waals surface area contributed by atoms with Gasteiger partial charge in [0.15, 0.2) is 0 Å². The van der Waals surface area contributed by atoms with E-state index in [2.05, 4.69) is 31.9 Å². The zero-order chi connectivity index (χ0) is 32.8. The minimum Gasteiger partial charge on any atom is -0.457 e. The van der Waals surface area contributed by atoms with Crippen LogP contribution in [0, 0.1) is 0 Å². The van der Waals surface area contributed by atoms with Gasteiger partial charge in [0.2, 0.25) is 11.8 Å². The Morgan fingerprint density at radius 3 is 2.48 bits per heavy atom. The number of fused-ring (bicyclic) bond motifs is 2. The molecule has 0 aromatic heterocycles. The van der Waals surface area contributed by atoms with Gasteiger partial charge in [-0.2, -0.15) is 0 Å². The number of halogens is 3. The maximum absolute atomic E-state index is 14.4. The fourth-order valence-electron chi connectivity index (χ4n) is 6.33. The molecule has 11 heteroatoms. The van der Waals surface area contributed by atoms with Crippen molar-refractivity contribution in [2.75, 3.05) is 11.9 Å². The van der Waals surface area contributed by atoms with E-state index in [1.54, 1.807) is 68.4 Å². The number of hydrogen-bond donors (Lipinski definition) is 4. The molecule has 236 valence electrons. The zero-order valence-corrected chi connectivity index (χ0v) is 28.0. The molecule has 2 heterocycles. The summed E-state index contributed by atoms with van der Waals surface area (Å²) in [5.41, 5.74) is 0.910. The lowest BCUT2D eigenvalue weighted by molar-refractivity contribution is -0.131. The second-order valence-electron chi connectivity index (χ2n) is 12.1. The second kappa shape index (κ2) is 12.4. The van der Waals surface area contributed by atoms with Gasteiger partial charge in [-0.25, -0.2) is 0 Å². The third kappa shape index (κ3) is 5.88. The fraction of sp³-hybridized carbons (Fsp3) is 0.229. The molecule has 0 radical (unpaired) electrons. The summed E-state index contributed by atoms with van der Waals surface area (Å²) in [5.74, 6) is -0.588. The third-order valence-corrected chi connectivity index (χ3v) is 9.44. The van der Waals surface area contributed by atoms with Crippen molar-refractivity contribution in [1.29, 1.82) is 0 Å². The van der Waals surface area contributed by atoms with Gasteiger partial charge < -0.3 is 25.8 Å². The summed E-state index contributed by atoms with van der Waals surface area (Å²) in [4.78, 5) is 40.6. The summed E-state index contributed by atoms with van der Waals surface area (Å²) < 4.78 is 7.12. The summed E-state index contributed by atoms with van der Waals surface area (Å²) in [7, 11) is 0. The van der Waals surface area contributed by atoms with E-state index in [1.807, 2.05) is 30.3 Å². The van der Waals surface area contributed by atoms with E-state index in [4.69, 9.17) is 27.9 Å². The van der Waals surface area contributed by atoms with Crippen LogP contribution in [0.15, 0.2) is 89.4 Å². The number of aliphatic hydroxyl groups excluding tert-OH is 1. The van der Waals surface area contributed by atoms with Crippen LogP contribution < -0.4 is 20.7 Å². The van der Waals surface area contributed by atoms with E-state index >= 15 is 0 Å². The number of hydrogen-bond acceptors (Lipinski definition) is 5. The first-order valence-corrected chi connectivity index (χ1v) is 16.1. The molecule has 4 aromatic rings. The molecular weight excluding hydrogens is 693 g/mol. The second-order valence-corrected chi connectivity index (χ2v) is 13.9. The number of carbonyl (C=O) groups excluding carboxylic acids is 3. The molecule has 4 N–H and O–H groups in total. The highest BCUT2D eigenvalue weighted by Crippen LogP contribution is 2.58. The molecule has 0 bridgehead atoms. The van der Waals surface area contributed by atoms with Crippen LogP contribution in [0.25, 0.3) is 0 Å². The van der Waals surface area contributed by atoms with Crippen LogP contribution in [-0.4, -0.2) is 35.0 Å². The first kappa shape index (κ1) is 32.1. The van der Waals surface area contributed by atoms with Crippen LogP contribution in [0.3, 0.4) is 0 Å². The fourth-order valence-corrected chi connectivity index (χ4v) is 7.08. The number of rotatable bonds is 7. The number of piperidine rings is 1. The molecule has 4 aromatic carbocycles. The molecule has 46 heavy (non-hydrogen) atoms. The van der Waals surface area contributed by atoms with Gasteiger partial charge in [0.1, 0.15) is 16.9 Å². The van der Waals surface area contributed by atoms with Crippen LogP contribution >= 0.6 is 39.1 Å². The standard InChI is InChI=1S/C35H30BrCl2N3O5/c1-34(2,18-42)41-32(44)19-6-10-24(11-7-19)46-29-13-8-21(36)15-25(29)31-35(26-12-9-23(38)16-28(26)39-33(35)45)27(17-30(43)40-31)20-4-3-5-22(37)14-20/h3-16,27,31,42H,17-18H2,1-2H3,(H,39,45)(H,40,43)(H,41,44). The van der Waals surface area contributed by atoms with E-state index in [-0.39, 0.29) is 30.7 Å². The van der Waals surface area contributed by atoms with E-state index < -0.39 is 22.9 Å². The molecule has 3 amide bonds. The van der Waals surface area contributed by atoms with Gasteiger partial charge in [-0.15, -0.1) is 0 Å². The highest BCUT2D eigenvalue weighted by molar-refractivity contribution is 9.10. The average molecular weight is 723 g/mol. The molecular formula is C35H30BrCl2N3O5. The Morgan fingerprint density at radius 2 is 1.76 bits per heavy atom. The van der Waals surface area contributed by atoms with Crippen molar-refractivity contribution in [3.8, 4) is 11.5 Å². The Morgan fingerprint density at radius 1 is 1.02 bits per heavy atom. The van der Waals surface area contributed by atoms with Crippen molar-refractivity contribution < 1.29 is 24.2 Å². The van der Waals surface area contributed by atoms with Gasteiger partial charge in [-0.1, -0.05) is 57.3 Å². The van der Waals surface area contributed by atoms with E-state index in [0.29, 0.717) is 43.9 Å². The number of amides is 3. The Bertz CT molecular complexity index is 1870. The zero-order valence-electron chi connectivity index (χ0n) is 24.9. The van der Waals surface area contributed by atoms with E-state index in [9.17, 15) is 19.5 Å². The van der Waals surface area contributed by atoms with Gasteiger partial charge in [-0.3, -0.25) is 14.4 Å². The molecule has 2 aliphatic heterocycles. The van der Waals surface area contributed by atoms with E-state index in [0.717, 1.165) is 10.0 Å². The van der Waals surface area contributed by atoms with Crippen LogP contribution in [0.2, 0.25) is 10.0 Å². The summed E-state index contributed by atoms with van der Waals surface area (Å²) in [6.07, 6.45) is 0.0487. The predicted octanol–water partition coefficient (Wildman–Crippen LogP) is 7.28. The van der Waals surface area contributed by atoms with Crippen LogP contribution in [0.1, 0.15) is 59.3 Å². The summed E-state index contributed by atoms with van der Waals surface area (Å²) in [5, 5.41) is 19.4. The normalized spacial score (nSPS) is 20.6. The molecule has 6 rings (SSSR count). The minimum absolute atomic E-state index is 0.0487. The highest BCUT2D eigenvalue weighted by Gasteiger charge is 2.61. The van der Waals surface area contributed by atoms with Gasteiger partial charge >= 0.3 is 0 Å². The smallest absolute Gasteiger partial charge is 0.251 e. The number of aliphatic hydroxyl groups is 1. The minimum atomic E-state index is -1.29. The summed E-state index contributed by atoms with van der Waals surface area (Å²) in [6.45, 7) is 3.24. The maximum atomic E-state index is 14.4. The molecule has 8 nitrogen and oxygen atoms in total. The lowest BCUT2D eigenvalue weighted by atomic mass is 9.59. The molecule has 0 saturated carbocycles. The van der Waals surface area contributed by atoms with Gasteiger partial charge in [-0.05, 0) is 91.7 Å². The number of anilines is 1. The van der Waals surface area contributed by atoms with Crippen LogP contribution in [0.5, 0.6) is 11.5 Å². The summed E-state index contributed by atoms with van der Waals surface area (Å²) in [6, 6.07) is 23.6. The van der Waals surface area contributed by atoms with E-state index in [1.165, 1.54) is 0 Å². The molecule has 1 spiro atoms. The number of benzene rings is 4. The van der Waals surface area contributed by atoms with Gasteiger partial charge in [0.25, 0.3) is 5.91 Å². The summed E-state index contributed by atoms with van der Waals surface area (Å²) >= 11 is 16.4. The lowest BCUT2D eigenvalue weighted by Crippen LogP contribution is -2.56. The van der Waals surface area contributed by atoms with Crippen molar-refractivity contribution >= 4 is 62.5 Å². The first-order valence-electron chi connectivity index (χ1n) is 14.6. The molecule has 3 atom stereocenters. The largest absolute Gasteiger partial charge is 0.457 e. The number of nitrogens with one attached hydrogen (secondary N) is 3. The topological polar surface area (TPSA) is 117 Å². The predicted molar refractivity (Wildman–Crippen MR) is 181 cm³/mol. The molecule has 1 saturated heterocycles. The molecule has 2 aliphatic rings. The van der Waals surface area contributed by atoms with Crippen molar-refractivity contribution in [3.63, 3.8) is 0 Å². The molecule has 3 unspecified atom stereocenters. The Labute approximate surface area is 284 Å². The number of carbonyl (C=O) groups is 3. The quantitative estimate of drug-likeness (QED) is 0.160. The van der Waals surface area contributed by atoms with Gasteiger partial charge in [0, 0.05) is 43.7 Å². The third-order valence-electron chi connectivity index (χ3n) is 8.48. The number of ether oxygens (including phenoxy) is 1. The molecule has 0 aliphatic carbocycles. The monoisotopic (exact) mass is 721 g/mol. The molecule has 1 fully saturated rings. The Balaban J connectivity index is 1.46. The van der Waals surface area contributed by atoms with Crippen molar-refractivity contribution in [2.24, 2.45) is 0 Å².